The average Bonchev–Trinajstić information content (AvgIpc) is 3.88. The van der Waals surface area contributed by atoms with Crippen LogP contribution < -0.4 is 21.7 Å². The lowest BCUT2D eigenvalue weighted by molar-refractivity contribution is -0.144. The van der Waals surface area contributed by atoms with E-state index in [1.165, 1.54) is 8.61 Å². The van der Waals surface area contributed by atoms with E-state index in [-0.39, 0.29) is 41.5 Å². The minimum Gasteiger partial charge on any atom is -0.363 e. The van der Waals surface area contributed by atoms with Crippen LogP contribution in [-0.4, -0.2) is 109 Å². The zero-order valence-electron chi connectivity index (χ0n) is 30.0. The topological polar surface area (TPSA) is 191 Å². The standard InChI is InChI=1S/C34H57N7O7S/c1-33(2,3)24(19-40-16-10-15-39(6)49(40,47)48)37-32(46)38-26(21-11-8-7-9-12-21)31(45)41-18-22-25(34(22,4)5)27(41)30(44)36-23(17-20-13-14-20)28(42)29(35)43/h20-27H,7-19H2,1-6H3,(H2,35,43)(H,36,44)(H2,37,38,46)/t22-,23?,24+,25-,26-,27-/m0/s1. The van der Waals surface area contributed by atoms with Gasteiger partial charge in [-0.3, -0.25) is 19.2 Å². The minimum absolute atomic E-state index is 0.0802. The number of hydrogen-bond acceptors (Lipinski definition) is 7. The molecule has 14 nitrogen and oxygen atoms in total. The Morgan fingerprint density at radius 2 is 1.57 bits per heavy atom. The number of urea groups is 1. The third-order valence-corrected chi connectivity index (χ3v) is 13.9. The molecule has 0 spiro atoms. The molecule has 3 aliphatic carbocycles. The molecule has 2 heterocycles. The number of amides is 5. The fourth-order valence-electron chi connectivity index (χ4n) is 8.35. The molecule has 49 heavy (non-hydrogen) atoms. The van der Waals surface area contributed by atoms with E-state index in [4.69, 9.17) is 5.73 Å². The Hall–Kier alpha value is -2.78. The van der Waals surface area contributed by atoms with Crippen LogP contribution in [0.25, 0.3) is 0 Å². The summed E-state index contributed by atoms with van der Waals surface area (Å²) >= 11 is 0. The first-order valence-electron chi connectivity index (χ1n) is 18.1. The Morgan fingerprint density at radius 1 is 0.918 bits per heavy atom. The molecule has 5 fully saturated rings. The smallest absolute Gasteiger partial charge is 0.315 e. The summed E-state index contributed by atoms with van der Waals surface area (Å²) in [6.07, 6.45) is 7.23. The van der Waals surface area contributed by atoms with E-state index in [0.29, 0.717) is 32.5 Å². The molecule has 5 aliphatic rings. The van der Waals surface area contributed by atoms with Gasteiger partial charge in [-0.05, 0) is 60.2 Å². The van der Waals surface area contributed by atoms with E-state index in [1.54, 1.807) is 11.9 Å². The molecule has 15 heteroatoms. The number of Topliss-reactive ketones (excluding diaryl/α,β-unsaturated/α-hetero) is 1. The van der Waals surface area contributed by atoms with Gasteiger partial charge in [0.2, 0.25) is 17.6 Å². The van der Waals surface area contributed by atoms with Gasteiger partial charge < -0.3 is 26.6 Å². The molecule has 276 valence electrons. The first-order chi connectivity index (χ1) is 22.8. The van der Waals surface area contributed by atoms with Crippen LogP contribution in [0.3, 0.4) is 0 Å². The number of nitrogens with one attached hydrogen (secondary N) is 3. The van der Waals surface area contributed by atoms with E-state index in [0.717, 1.165) is 44.9 Å². The van der Waals surface area contributed by atoms with Crippen molar-refractivity contribution in [2.45, 2.75) is 117 Å². The first kappa shape index (κ1) is 37.5. The molecular formula is C34H57N7O7S. The van der Waals surface area contributed by atoms with Crippen LogP contribution in [0, 0.1) is 34.5 Å². The number of piperidine rings is 1. The molecular weight excluding hydrogens is 650 g/mol. The molecule has 1 unspecified atom stereocenters. The van der Waals surface area contributed by atoms with Gasteiger partial charge in [-0.25, -0.2) is 4.79 Å². The molecule has 5 rings (SSSR count). The lowest BCUT2D eigenvalue weighted by atomic mass is 9.83. The molecule has 3 saturated carbocycles. The number of carbonyl (C=O) groups is 5. The van der Waals surface area contributed by atoms with Gasteiger partial charge >= 0.3 is 6.03 Å². The highest BCUT2D eigenvalue weighted by Gasteiger charge is 2.69. The number of primary amides is 1. The SMILES string of the molecule is CN1CCCN(C[C@@H](NC(=O)N[C@H](C(=O)N2C[C@H]3[C@@H]([C@H]2C(=O)NC(CC2CC2)C(=O)C(N)=O)C3(C)C)C2CCCCC2)C(C)(C)C)S1(=O)=O. The monoisotopic (exact) mass is 707 g/mol. The Labute approximate surface area is 291 Å². The van der Waals surface area contributed by atoms with Crippen molar-refractivity contribution in [3.63, 3.8) is 0 Å². The Morgan fingerprint density at radius 3 is 2.16 bits per heavy atom. The van der Waals surface area contributed by atoms with Crippen molar-refractivity contribution in [3.05, 3.63) is 0 Å². The van der Waals surface area contributed by atoms with Gasteiger partial charge in [0.15, 0.2) is 0 Å². The number of rotatable bonds is 12. The van der Waals surface area contributed by atoms with E-state index >= 15 is 0 Å². The highest BCUT2D eigenvalue weighted by Crippen LogP contribution is 2.65. The van der Waals surface area contributed by atoms with E-state index in [2.05, 4.69) is 29.8 Å². The van der Waals surface area contributed by atoms with Gasteiger partial charge in [0.05, 0.1) is 6.04 Å². The van der Waals surface area contributed by atoms with Gasteiger partial charge in [0, 0.05) is 39.3 Å². The van der Waals surface area contributed by atoms with Crippen LogP contribution >= 0.6 is 0 Å². The lowest BCUT2D eigenvalue weighted by Crippen LogP contribution is -2.62. The second-order valence-electron chi connectivity index (χ2n) is 16.8. The van der Waals surface area contributed by atoms with Gasteiger partial charge in [-0.15, -0.1) is 0 Å². The van der Waals surface area contributed by atoms with Crippen molar-refractivity contribution < 1.29 is 32.4 Å². The molecule has 0 aromatic heterocycles. The molecule has 6 atom stereocenters. The Kier molecular flexibility index (Phi) is 10.8. The van der Waals surface area contributed by atoms with Gasteiger partial charge in [-0.2, -0.15) is 17.0 Å². The van der Waals surface area contributed by atoms with Crippen molar-refractivity contribution in [3.8, 4) is 0 Å². The normalized spacial score (nSPS) is 28.9. The molecule has 2 aliphatic heterocycles. The lowest BCUT2D eigenvalue weighted by Gasteiger charge is -2.40. The van der Waals surface area contributed by atoms with Gasteiger partial charge in [-0.1, -0.05) is 66.7 Å². The summed E-state index contributed by atoms with van der Waals surface area (Å²) < 4.78 is 28.8. The minimum atomic E-state index is -3.66. The van der Waals surface area contributed by atoms with E-state index < -0.39 is 63.4 Å². The maximum absolute atomic E-state index is 14.6. The number of ketones is 1. The molecule has 0 aromatic rings. The fraction of sp³-hybridized carbons (Fsp3) is 0.853. The van der Waals surface area contributed by atoms with Crippen LogP contribution in [0.5, 0.6) is 0 Å². The van der Waals surface area contributed by atoms with Crippen molar-refractivity contribution in [2.75, 3.05) is 33.2 Å². The third-order valence-electron chi connectivity index (χ3n) is 11.9. The number of nitrogens with two attached hydrogens (primary N) is 1. The van der Waals surface area contributed by atoms with Crippen molar-refractivity contribution >= 4 is 39.7 Å². The van der Waals surface area contributed by atoms with Gasteiger partial charge in [0.25, 0.3) is 16.1 Å². The summed E-state index contributed by atoms with van der Waals surface area (Å²) in [5.41, 5.74) is 4.64. The summed E-state index contributed by atoms with van der Waals surface area (Å²) in [5.74, 6) is -2.68. The zero-order chi connectivity index (χ0) is 36.1. The molecule has 0 aromatic carbocycles. The molecule has 5 amide bonds. The summed E-state index contributed by atoms with van der Waals surface area (Å²) in [6.45, 7) is 11.2. The largest absolute Gasteiger partial charge is 0.363 e. The van der Waals surface area contributed by atoms with E-state index in [1.807, 2.05) is 20.8 Å². The predicted molar refractivity (Wildman–Crippen MR) is 183 cm³/mol. The predicted octanol–water partition coefficient (Wildman–Crippen LogP) is 1.35. The second-order valence-corrected chi connectivity index (χ2v) is 18.8. The molecule has 0 radical (unpaired) electrons. The molecule has 2 saturated heterocycles. The highest BCUT2D eigenvalue weighted by molar-refractivity contribution is 7.86. The highest BCUT2D eigenvalue weighted by atomic mass is 32.2. The van der Waals surface area contributed by atoms with Crippen LogP contribution in [-0.2, 0) is 29.4 Å². The maximum Gasteiger partial charge on any atom is 0.315 e. The van der Waals surface area contributed by atoms with Gasteiger partial charge in [0.1, 0.15) is 12.1 Å². The Balaban J connectivity index is 1.35. The van der Waals surface area contributed by atoms with Crippen molar-refractivity contribution in [2.24, 2.45) is 40.2 Å². The molecule has 5 N–H and O–H groups in total. The van der Waals surface area contributed by atoms with Crippen LogP contribution in [0.15, 0.2) is 0 Å². The maximum atomic E-state index is 14.6. The number of fused-ring (bicyclic) bond motifs is 1. The van der Waals surface area contributed by atoms with Crippen LogP contribution in [0.1, 0.15) is 92.4 Å². The average molecular weight is 708 g/mol. The van der Waals surface area contributed by atoms with Crippen LogP contribution in [0.2, 0.25) is 0 Å². The quantitative estimate of drug-likeness (QED) is 0.220. The summed E-state index contributed by atoms with van der Waals surface area (Å²) in [7, 11) is -2.11. The third kappa shape index (κ3) is 8.08. The summed E-state index contributed by atoms with van der Waals surface area (Å²) in [5, 5.41) is 8.79. The van der Waals surface area contributed by atoms with Crippen molar-refractivity contribution in [1.29, 1.82) is 0 Å². The van der Waals surface area contributed by atoms with E-state index in [9.17, 15) is 32.4 Å². The number of likely N-dealkylation sites (tertiary alicyclic amines) is 1. The zero-order valence-corrected chi connectivity index (χ0v) is 30.8. The fourth-order valence-corrected chi connectivity index (χ4v) is 9.80. The Bertz CT molecular complexity index is 1420. The summed E-state index contributed by atoms with van der Waals surface area (Å²) in [6, 6.07) is -3.90. The number of hydrogen-bond donors (Lipinski definition) is 4. The second kappa shape index (κ2) is 14.1. The van der Waals surface area contributed by atoms with Crippen LogP contribution in [0.4, 0.5) is 4.79 Å². The number of nitrogens with zero attached hydrogens (tertiary/aromatic N) is 3. The number of carbonyl (C=O) groups excluding carboxylic acids is 5. The molecule has 0 bridgehead atoms. The first-order valence-corrected chi connectivity index (χ1v) is 19.5. The van der Waals surface area contributed by atoms with Crippen molar-refractivity contribution in [1.82, 2.24) is 29.5 Å². The summed E-state index contributed by atoms with van der Waals surface area (Å²) in [4.78, 5) is 68.5.